The molecule has 3 nitrogen and oxygen atoms in total. The van der Waals surface area contributed by atoms with Crippen LogP contribution in [0.5, 0.6) is 0 Å². The molecule has 0 bridgehead atoms. The fourth-order valence-electron chi connectivity index (χ4n) is 1.87. The first kappa shape index (κ1) is 11.2. The van der Waals surface area contributed by atoms with E-state index in [1.807, 2.05) is 5.38 Å². The Morgan fingerprint density at radius 1 is 1.22 bits per heavy atom. The monoisotopic (exact) mass is 266 g/mol. The molecule has 2 aromatic rings. The molecule has 18 heavy (non-hydrogen) atoms. The average molecular weight is 266 g/mol. The molecule has 0 saturated carbocycles. The predicted octanol–water partition coefficient (Wildman–Crippen LogP) is 3.13. The Balaban J connectivity index is 2.05. The van der Waals surface area contributed by atoms with Crippen molar-refractivity contribution in [1.82, 2.24) is 0 Å². The van der Waals surface area contributed by atoms with Crippen LogP contribution in [0.15, 0.2) is 29.6 Å². The Kier molecular flexibility index (Phi) is 2.52. The minimum atomic E-state index is -0.978. The molecule has 1 atom stereocenters. The summed E-state index contributed by atoms with van der Waals surface area (Å²) < 4.78 is 26.8. The summed E-state index contributed by atoms with van der Waals surface area (Å²) in [5.41, 5.74) is 0.250. The first-order valence-corrected chi connectivity index (χ1v) is 6.13. The molecule has 3 rings (SSSR count). The van der Waals surface area contributed by atoms with Crippen LogP contribution in [0.1, 0.15) is 10.9 Å². The predicted molar refractivity (Wildman–Crippen MR) is 65.7 cm³/mol. The van der Waals surface area contributed by atoms with Gasteiger partial charge in [0, 0.05) is 4.88 Å². The number of rotatable bonds is 1. The quantitative estimate of drug-likeness (QED) is 0.832. The molecule has 1 aromatic heterocycles. The number of carbonyl (C=O) groups is 1. The molecule has 0 saturated heterocycles. The van der Waals surface area contributed by atoms with Gasteiger partial charge in [-0.3, -0.25) is 4.79 Å². The molecule has 1 aliphatic heterocycles. The van der Waals surface area contributed by atoms with Crippen molar-refractivity contribution in [3.05, 3.63) is 46.2 Å². The van der Waals surface area contributed by atoms with Gasteiger partial charge in [-0.1, -0.05) is 6.07 Å². The molecule has 1 aliphatic rings. The summed E-state index contributed by atoms with van der Waals surface area (Å²) in [4.78, 5) is 12.6. The molecule has 0 spiro atoms. The number of benzene rings is 1. The lowest BCUT2D eigenvalue weighted by Crippen LogP contribution is -2.32. The maximum Gasteiger partial charge on any atom is 0.252 e. The van der Waals surface area contributed by atoms with Crippen LogP contribution in [0.2, 0.25) is 0 Å². The molecule has 2 N–H and O–H groups in total. The maximum absolute atomic E-state index is 13.6. The van der Waals surface area contributed by atoms with Crippen molar-refractivity contribution in [3.63, 3.8) is 0 Å². The van der Waals surface area contributed by atoms with Crippen molar-refractivity contribution in [2.75, 3.05) is 10.6 Å². The Hall–Kier alpha value is -1.95. The van der Waals surface area contributed by atoms with Crippen molar-refractivity contribution in [2.45, 2.75) is 6.04 Å². The lowest BCUT2D eigenvalue weighted by molar-refractivity contribution is -0.117. The van der Waals surface area contributed by atoms with Gasteiger partial charge >= 0.3 is 0 Å². The molecule has 1 amide bonds. The van der Waals surface area contributed by atoms with E-state index in [-0.39, 0.29) is 17.3 Å². The summed E-state index contributed by atoms with van der Waals surface area (Å²) >= 11 is 1.38. The van der Waals surface area contributed by atoms with Gasteiger partial charge in [0.05, 0.1) is 11.4 Å². The zero-order chi connectivity index (χ0) is 12.7. The van der Waals surface area contributed by atoms with E-state index >= 15 is 0 Å². The highest BCUT2D eigenvalue weighted by Crippen LogP contribution is 2.36. The zero-order valence-electron chi connectivity index (χ0n) is 9.04. The van der Waals surface area contributed by atoms with Crippen LogP contribution < -0.4 is 10.6 Å². The van der Waals surface area contributed by atoms with E-state index < -0.39 is 17.7 Å². The van der Waals surface area contributed by atoms with Crippen molar-refractivity contribution in [3.8, 4) is 0 Å². The Bertz CT molecular complexity index is 613. The van der Waals surface area contributed by atoms with Crippen LogP contribution in [-0.4, -0.2) is 5.91 Å². The molecular formula is C12H8F2N2OS. The van der Waals surface area contributed by atoms with Crippen molar-refractivity contribution in [2.24, 2.45) is 0 Å². The van der Waals surface area contributed by atoms with E-state index in [2.05, 4.69) is 10.6 Å². The van der Waals surface area contributed by atoms with Crippen LogP contribution in [0.25, 0.3) is 0 Å². The number of anilines is 2. The van der Waals surface area contributed by atoms with Crippen LogP contribution in [-0.2, 0) is 4.79 Å². The first-order chi connectivity index (χ1) is 8.66. The molecule has 6 heteroatoms. The summed E-state index contributed by atoms with van der Waals surface area (Å²) in [5, 5.41) is 7.13. The second kappa shape index (κ2) is 4.06. The molecule has 1 unspecified atom stereocenters. The molecule has 0 fully saturated rings. The smallest absolute Gasteiger partial charge is 0.252 e. The highest BCUT2D eigenvalue weighted by atomic mass is 32.1. The molecule has 92 valence electrons. The summed E-state index contributed by atoms with van der Waals surface area (Å²) in [5.74, 6) is -2.20. The summed E-state index contributed by atoms with van der Waals surface area (Å²) in [6.07, 6.45) is 0. The third-order valence-electron chi connectivity index (χ3n) is 2.73. The van der Waals surface area contributed by atoms with Gasteiger partial charge in [0.15, 0.2) is 11.6 Å². The summed E-state index contributed by atoms with van der Waals surface area (Å²) in [6, 6.07) is 5.20. The van der Waals surface area contributed by atoms with Crippen molar-refractivity contribution >= 4 is 28.6 Å². The van der Waals surface area contributed by atoms with Gasteiger partial charge in [-0.15, -0.1) is 11.3 Å². The lowest BCUT2D eigenvalue weighted by Gasteiger charge is -2.26. The van der Waals surface area contributed by atoms with E-state index in [0.717, 1.165) is 10.9 Å². The van der Waals surface area contributed by atoms with Crippen LogP contribution in [0, 0.1) is 11.6 Å². The lowest BCUT2D eigenvalue weighted by atomic mass is 10.1. The van der Waals surface area contributed by atoms with Gasteiger partial charge in [-0.25, -0.2) is 8.78 Å². The summed E-state index contributed by atoms with van der Waals surface area (Å²) in [7, 11) is 0. The number of thiophene rings is 1. The average Bonchev–Trinajstić information content (AvgIpc) is 2.87. The normalized spacial score (nSPS) is 17.9. The van der Waals surface area contributed by atoms with E-state index in [1.54, 1.807) is 12.1 Å². The minimum Gasteiger partial charge on any atom is -0.365 e. The molecule has 0 aliphatic carbocycles. The standard InChI is InChI=1S/C12H8F2N2OS/c13-6-3-4-7-10(9(6)14)16-11(12(17)15-7)8-2-1-5-18-8/h1-5,11,16H,(H,15,17). The van der Waals surface area contributed by atoms with E-state index in [4.69, 9.17) is 0 Å². The second-order valence-electron chi connectivity index (χ2n) is 3.87. The number of nitrogens with one attached hydrogen (secondary N) is 2. The number of hydrogen-bond acceptors (Lipinski definition) is 3. The largest absolute Gasteiger partial charge is 0.365 e. The molecule has 0 radical (unpaired) electrons. The molecule has 1 aromatic carbocycles. The SMILES string of the molecule is O=C1Nc2ccc(F)c(F)c2NC1c1cccs1. The molecule has 2 heterocycles. The van der Waals surface area contributed by atoms with Gasteiger partial charge in [0.2, 0.25) is 0 Å². The number of halogens is 2. The Morgan fingerprint density at radius 2 is 2.06 bits per heavy atom. The van der Waals surface area contributed by atoms with Crippen molar-refractivity contribution < 1.29 is 13.6 Å². The van der Waals surface area contributed by atoms with Gasteiger partial charge in [0.1, 0.15) is 6.04 Å². The number of carbonyl (C=O) groups excluding carboxylic acids is 1. The van der Waals surface area contributed by atoms with Gasteiger partial charge < -0.3 is 10.6 Å². The fourth-order valence-corrected chi connectivity index (χ4v) is 2.64. The third-order valence-corrected chi connectivity index (χ3v) is 3.67. The number of hydrogen-bond donors (Lipinski definition) is 2. The van der Waals surface area contributed by atoms with Gasteiger partial charge in [-0.05, 0) is 23.6 Å². The minimum absolute atomic E-state index is 0.00648. The van der Waals surface area contributed by atoms with E-state index in [1.165, 1.54) is 17.4 Å². The van der Waals surface area contributed by atoms with E-state index in [9.17, 15) is 13.6 Å². The van der Waals surface area contributed by atoms with E-state index in [0.29, 0.717) is 0 Å². The van der Waals surface area contributed by atoms with Crippen LogP contribution in [0.3, 0.4) is 0 Å². The maximum atomic E-state index is 13.6. The second-order valence-corrected chi connectivity index (χ2v) is 4.85. The van der Waals surface area contributed by atoms with Crippen LogP contribution >= 0.6 is 11.3 Å². The highest BCUT2D eigenvalue weighted by molar-refractivity contribution is 7.10. The Labute approximate surface area is 105 Å². The fraction of sp³-hybridized carbons (Fsp3) is 0.0833. The van der Waals surface area contributed by atoms with Gasteiger partial charge in [-0.2, -0.15) is 0 Å². The van der Waals surface area contributed by atoms with Crippen LogP contribution in [0.4, 0.5) is 20.2 Å². The third kappa shape index (κ3) is 1.65. The Morgan fingerprint density at radius 3 is 2.78 bits per heavy atom. The first-order valence-electron chi connectivity index (χ1n) is 5.25. The molecular weight excluding hydrogens is 258 g/mol. The van der Waals surface area contributed by atoms with Gasteiger partial charge in [0.25, 0.3) is 5.91 Å². The summed E-state index contributed by atoms with van der Waals surface area (Å²) in [6.45, 7) is 0. The van der Waals surface area contributed by atoms with Crippen molar-refractivity contribution in [1.29, 1.82) is 0 Å². The zero-order valence-corrected chi connectivity index (χ0v) is 9.85. The topological polar surface area (TPSA) is 41.1 Å². The number of amides is 1. The number of fused-ring (bicyclic) bond motifs is 1. The highest BCUT2D eigenvalue weighted by Gasteiger charge is 2.30.